The molecule has 1 aliphatic rings. The van der Waals surface area contributed by atoms with Gasteiger partial charge in [-0.2, -0.15) is 0 Å². The van der Waals surface area contributed by atoms with Gasteiger partial charge in [0.1, 0.15) is 17.9 Å². The zero-order chi connectivity index (χ0) is 27.2. The summed E-state index contributed by atoms with van der Waals surface area (Å²) < 4.78 is 46.1. The number of nitrogens with zero attached hydrogens (tertiary/aromatic N) is 1. The minimum Gasteiger partial charge on any atom is -0.453 e. The second-order valence-corrected chi connectivity index (χ2v) is 9.03. The Morgan fingerprint density at radius 2 is 1.84 bits per heavy atom. The number of nitrogens with one attached hydrogen (secondary N) is 2. The van der Waals surface area contributed by atoms with E-state index in [2.05, 4.69) is 15.4 Å². The number of rotatable bonds is 8. The van der Waals surface area contributed by atoms with Crippen LogP contribution < -0.4 is 15.5 Å². The number of aliphatic hydroxyl groups excluding tert-OH is 1. The topological polar surface area (TPSA) is 108 Å². The molecule has 2 aromatic carbocycles. The summed E-state index contributed by atoms with van der Waals surface area (Å²) in [5.41, 5.74) is 0.0977. The maximum absolute atomic E-state index is 14.3. The van der Waals surface area contributed by atoms with Gasteiger partial charge in [0.05, 0.1) is 13.7 Å². The number of alkyl halides is 2. The van der Waals surface area contributed by atoms with Crippen LogP contribution in [0.4, 0.5) is 23.7 Å². The predicted molar refractivity (Wildman–Crippen MR) is 130 cm³/mol. The second kappa shape index (κ2) is 12.3. The number of hydrogen-bond donors (Lipinski definition) is 3. The number of carbonyl (C=O) groups is 3. The summed E-state index contributed by atoms with van der Waals surface area (Å²) in [7, 11) is 1.06. The van der Waals surface area contributed by atoms with Gasteiger partial charge in [-0.25, -0.2) is 18.0 Å². The molecule has 3 rings (SSSR count). The van der Waals surface area contributed by atoms with E-state index in [1.54, 1.807) is 12.1 Å². The standard InChI is InChI=1S/C25H27ClF3N3O5/c1-37-24(36)31-20(14-33)23(35)32(17-6-4-5-15(27)13-17)21(18-7-2-3-8-19(18)26)22(34)30-16-9-11-25(28,29)12-10-16/h2-8,13,16,20-21,33H,9-12,14H2,1H3,(H,30,34)(H,31,36). The highest BCUT2D eigenvalue weighted by Gasteiger charge is 2.40. The Balaban J connectivity index is 2.08. The molecule has 2 unspecified atom stereocenters. The molecule has 1 saturated carbocycles. The highest BCUT2D eigenvalue weighted by molar-refractivity contribution is 6.31. The number of anilines is 1. The maximum atomic E-state index is 14.3. The Morgan fingerprint density at radius 1 is 1.16 bits per heavy atom. The van der Waals surface area contributed by atoms with Gasteiger partial charge in [0, 0.05) is 35.2 Å². The van der Waals surface area contributed by atoms with Crippen molar-refractivity contribution in [1.82, 2.24) is 10.6 Å². The average Bonchev–Trinajstić information content (AvgIpc) is 2.87. The molecule has 3 N–H and O–H groups in total. The van der Waals surface area contributed by atoms with Crippen molar-refractivity contribution in [3.05, 3.63) is 64.9 Å². The molecule has 1 fully saturated rings. The third-order valence-electron chi connectivity index (χ3n) is 6.05. The SMILES string of the molecule is COC(=O)NC(CO)C(=O)N(c1cccc(F)c1)C(C(=O)NC1CCC(F)(F)CC1)c1ccccc1Cl. The van der Waals surface area contributed by atoms with Crippen molar-refractivity contribution in [2.24, 2.45) is 0 Å². The lowest BCUT2D eigenvalue weighted by atomic mass is 9.91. The third-order valence-corrected chi connectivity index (χ3v) is 6.40. The van der Waals surface area contributed by atoms with Crippen LogP contribution in [0.3, 0.4) is 0 Å². The van der Waals surface area contributed by atoms with Crippen LogP contribution in [0.1, 0.15) is 37.3 Å². The second-order valence-electron chi connectivity index (χ2n) is 8.62. The van der Waals surface area contributed by atoms with Crippen LogP contribution >= 0.6 is 11.6 Å². The molecule has 1 aliphatic carbocycles. The molecule has 0 radical (unpaired) electrons. The minimum atomic E-state index is -2.82. The Labute approximate surface area is 216 Å². The van der Waals surface area contributed by atoms with E-state index in [9.17, 15) is 32.7 Å². The number of ether oxygens (including phenoxy) is 1. The molecule has 2 atom stereocenters. The fourth-order valence-corrected chi connectivity index (χ4v) is 4.38. The lowest BCUT2D eigenvalue weighted by Crippen LogP contribution is -2.55. The first-order valence-corrected chi connectivity index (χ1v) is 11.9. The van der Waals surface area contributed by atoms with Crippen molar-refractivity contribution in [3.8, 4) is 0 Å². The molecule has 37 heavy (non-hydrogen) atoms. The highest BCUT2D eigenvalue weighted by Crippen LogP contribution is 2.36. The summed E-state index contributed by atoms with van der Waals surface area (Å²) in [6.07, 6.45) is -1.79. The van der Waals surface area contributed by atoms with Crippen LogP contribution in [0.2, 0.25) is 5.02 Å². The first-order valence-electron chi connectivity index (χ1n) is 11.5. The number of aliphatic hydroxyl groups is 1. The van der Waals surface area contributed by atoms with Crippen molar-refractivity contribution in [2.45, 2.75) is 49.7 Å². The molecular formula is C25H27ClF3N3O5. The Hall–Kier alpha value is -3.31. The summed E-state index contributed by atoms with van der Waals surface area (Å²) in [6, 6.07) is 7.32. The lowest BCUT2D eigenvalue weighted by Gasteiger charge is -2.36. The molecule has 0 saturated heterocycles. The maximum Gasteiger partial charge on any atom is 0.407 e. The Bertz CT molecular complexity index is 1130. The van der Waals surface area contributed by atoms with Gasteiger partial charge >= 0.3 is 6.09 Å². The summed E-state index contributed by atoms with van der Waals surface area (Å²) in [5.74, 6) is -5.25. The van der Waals surface area contributed by atoms with Crippen molar-refractivity contribution >= 4 is 35.2 Å². The van der Waals surface area contributed by atoms with Gasteiger partial charge in [-0.1, -0.05) is 35.9 Å². The molecule has 0 aromatic heterocycles. The Morgan fingerprint density at radius 3 is 2.43 bits per heavy atom. The number of amides is 3. The molecule has 0 bridgehead atoms. The predicted octanol–water partition coefficient (Wildman–Crippen LogP) is 3.96. The number of carbonyl (C=O) groups excluding carboxylic acids is 3. The van der Waals surface area contributed by atoms with Crippen molar-refractivity contribution < 1.29 is 37.4 Å². The van der Waals surface area contributed by atoms with Crippen LogP contribution in [-0.2, 0) is 14.3 Å². The molecular weight excluding hydrogens is 515 g/mol. The normalized spacial score (nSPS) is 16.8. The van der Waals surface area contributed by atoms with E-state index in [0.29, 0.717) is 0 Å². The monoisotopic (exact) mass is 541 g/mol. The van der Waals surface area contributed by atoms with Crippen molar-refractivity contribution in [2.75, 3.05) is 18.6 Å². The first kappa shape index (κ1) is 28.3. The fourth-order valence-electron chi connectivity index (χ4n) is 4.14. The quantitative estimate of drug-likeness (QED) is 0.469. The van der Waals surface area contributed by atoms with Gasteiger partial charge in [0.25, 0.3) is 5.91 Å². The number of methoxy groups -OCH3 is 1. The molecule has 8 nitrogen and oxygen atoms in total. The first-order chi connectivity index (χ1) is 17.6. The van der Waals surface area contributed by atoms with E-state index in [4.69, 9.17) is 11.6 Å². The van der Waals surface area contributed by atoms with E-state index in [1.165, 1.54) is 24.3 Å². The van der Waals surface area contributed by atoms with E-state index >= 15 is 0 Å². The van der Waals surface area contributed by atoms with Gasteiger partial charge in [-0.3, -0.25) is 14.5 Å². The number of hydrogen-bond acceptors (Lipinski definition) is 5. The van der Waals surface area contributed by atoms with Gasteiger partial charge in [-0.05, 0) is 37.1 Å². The molecule has 200 valence electrons. The van der Waals surface area contributed by atoms with Gasteiger partial charge in [0.2, 0.25) is 11.8 Å². The molecule has 0 spiro atoms. The van der Waals surface area contributed by atoms with Crippen LogP contribution in [0.5, 0.6) is 0 Å². The van der Waals surface area contributed by atoms with E-state index < -0.39 is 67.2 Å². The molecule has 12 heteroatoms. The van der Waals surface area contributed by atoms with E-state index in [0.717, 1.165) is 24.1 Å². The van der Waals surface area contributed by atoms with E-state index in [1.807, 2.05) is 0 Å². The summed E-state index contributed by atoms with van der Waals surface area (Å²) in [5, 5.41) is 14.9. The van der Waals surface area contributed by atoms with Crippen LogP contribution in [0, 0.1) is 5.82 Å². The van der Waals surface area contributed by atoms with Crippen LogP contribution in [-0.4, -0.2) is 54.7 Å². The molecule has 3 amide bonds. The molecule has 2 aromatic rings. The number of benzene rings is 2. The molecule has 0 heterocycles. The van der Waals surface area contributed by atoms with Gasteiger partial charge in [0.15, 0.2) is 0 Å². The number of alkyl carbamates (subject to hydrolysis) is 1. The van der Waals surface area contributed by atoms with Gasteiger partial charge in [-0.15, -0.1) is 0 Å². The van der Waals surface area contributed by atoms with Crippen LogP contribution in [0.15, 0.2) is 48.5 Å². The largest absolute Gasteiger partial charge is 0.453 e. The average molecular weight is 542 g/mol. The zero-order valence-electron chi connectivity index (χ0n) is 19.9. The summed E-state index contributed by atoms with van der Waals surface area (Å²) >= 11 is 6.40. The van der Waals surface area contributed by atoms with E-state index in [-0.39, 0.29) is 29.1 Å². The third kappa shape index (κ3) is 7.14. The lowest BCUT2D eigenvalue weighted by molar-refractivity contribution is -0.129. The van der Waals surface area contributed by atoms with Gasteiger partial charge < -0.3 is 20.5 Å². The highest BCUT2D eigenvalue weighted by atomic mass is 35.5. The van der Waals surface area contributed by atoms with Crippen molar-refractivity contribution in [1.29, 1.82) is 0 Å². The summed E-state index contributed by atoms with van der Waals surface area (Å²) in [6.45, 7) is -0.867. The van der Waals surface area contributed by atoms with Crippen LogP contribution in [0.25, 0.3) is 0 Å². The molecule has 0 aliphatic heterocycles. The van der Waals surface area contributed by atoms with Crippen molar-refractivity contribution in [3.63, 3.8) is 0 Å². The minimum absolute atomic E-state index is 0.0189. The number of halogens is 4. The zero-order valence-corrected chi connectivity index (χ0v) is 20.7. The Kier molecular flexibility index (Phi) is 9.39. The smallest absolute Gasteiger partial charge is 0.407 e. The summed E-state index contributed by atoms with van der Waals surface area (Å²) in [4.78, 5) is 40.1. The fraction of sp³-hybridized carbons (Fsp3) is 0.400.